The number of benzene rings is 1. The van der Waals surface area contributed by atoms with Crippen molar-refractivity contribution in [1.29, 1.82) is 0 Å². The predicted octanol–water partition coefficient (Wildman–Crippen LogP) is 2.50. The van der Waals surface area contributed by atoms with Crippen molar-refractivity contribution < 1.29 is 9.53 Å². The molecule has 1 aromatic carbocycles. The molecule has 7 heteroatoms. The molecule has 0 saturated heterocycles. The van der Waals surface area contributed by atoms with E-state index in [9.17, 15) is 4.79 Å². The van der Waals surface area contributed by atoms with Crippen LogP contribution in [0.1, 0.15) is 5.56 Å². The Labute approximate surface area is 135 Å². The van der Waals surface area contributed by atoms with E-state index in [0.717, 1.165) is 5.56 Å². The summed E-state index contributed by atoms with van der Waals surface area (Å²) in [6, 6.07) is 8.61. The molecule has 108 valence electrons. The summed E-state index contributed by atoms with van der Waals surface area (Å²) < 4.78 is 6.10. The Bertz CT molecular complexity index is 662. The quantitative estimate of drug-likeness (QED) is 0.796. The molecule has 3 N–H and O–H groups in total. The third-order valence-electron chi connectivity index (χ3n) is 2.56. The van der Waals surface area contributed by atoms with Gasteiger partial charge in [-0.05, 0) is 46.3 Å². The van der Waals surface area contributed by atoms with Crippen LogP contribution in [-0.2, 0) is 4.79 Å². The van der Waals surface area contributed by atoms with E-state index >= 15 is 0 Å². The number of nitrogens with two attached hydrogens (primary N) is 1. The van der Waals surface area contributed by atoms with Gasteiger partial charge in [0.05, 0.1) is 10.2 Å². The standard InChI is InChI=1S/C14H12BrN3O2S/c15-11-7-17-6-5-12(11)18-13(19)8-20-10-3-1-9(2-4-10)14(16)21/h1-7H,8H2,(H2,16,21)(H,17,18,19). The smallest absolute Gasteiger partial charge is 0.262 e. The van der Waals surface area contributed by atoms with Crippen LogP contribution in [0.2, 0.25) is 0 Å². The number of rotatable bonds is 5. The third kappa shape index (κ3) is 4.51. The number of nitrogens with zero attached hydrogens (tertiary/aromatic N) is 1. The number of anilines is 1. The SMILES string of the molecule is NC(=S)c1ccc(OCC(=O)Nc2ccncc2Br)cc1. The van der Waals surface area contributed by atoms with Gasteiger partial charge in [-0.1, -0.05) is 12.2 Å². The Morgan fingerprint density at radius 2 is 2.05 bits per heavy atom. The number of hydrogen-bond acceptors (Lipinski definition) is 4. The molecule has 0 aliphatic rings. The van der Waals surface area contributed by atoms with Gasteiger partial charge in [0.2, 0.25) is 0 Å². The van der Waals surface area contributed by atoms with Crippen LogP contribution in [0.5, 0.6) is 5.75 Å². The third-order valence-corrected chi connectivity index (χ3v) is 3.42. The molecule has 1 aromatic heterocycles. The summed E-state index contributed by atoms with van der Waals surface area (Å²) >= 11 is 8.16. The van der Waals surface area contributed by atoms with Gasteiger partial charge in [0.25, 0.3) is 5.91 Å². The summed E-state index contributed by atoms with van der Waals surface area (Å²) in [4.78, 5) is 16.0. The van der Waals surface area contributed by atoms with Gasteiger partial charge < -0.3 is 15.8 Å². The van der Waals surface area contributed by atoms with Crippen LogP contribution in [0.3, 0.4) is 0 Å². The van der Waals surface area contributed by atoms with Gasteiger partial charge in [-0.3, -0.25) is 9.78 Å². The molecule has 0 aliphatic carbocycles. The van der Waals surface area contributed by atoms with Gasteiger partial charge in [0.1, 0.15) is 10.7 Å². The number of amides is 1. The Morgan fingerprint density at radius 3 is 2.67 bits per heavy atom. The number of halogens is 1. The highest BCUT2D eigenvalue weighted by Gasteiger charge is 2.06. The molecule has 1 amide bonds. The first-order valence-corrected chi connectivity index (χ1v) is 7.18. The van der Waals surface area contributed by atoms with Crippen molar-refractivity contribution in [2.24, 2.45) is 5.73 Å². The van der Waals surface area contributed by atoms with Crippen LogP contribution >= 0.6 is 28.1 Å². The predicted molar refractivity (Wildman–Crippen MR) is 88.4 cm³/mol. The Kier molecular flexibility index (Phi) is 5.24. The zero-order valence-electron chi connectivity index (χ0n) is 10.9. The van der Waals surface area contributed by atoms with Crippen molar-refractivity contribution in [3.63, 3.8) is 0 Å². The first-order chi connectivity index (χ1) is 10.1. The summed E-state index contributed by atoms with van der Waals surface area (Å²) in [6.45, 7) is -0.0961. The lowest BCUT2D eigenvalue weighted by atomic mass is 10.2. The maximum absolute atomic E-state index is 11.8. The van der Waals surface area contributed by atoms with Crippen LogP contribution in [0.25, 0.3) is 0 Å². The van der Waals surface area contributed by atoms with Crippen molar-refractivity contribution in [2.75, 3.05) is 11.9 Å². The number of carbonyl (C=O) groups excluding carboxylic acids is 1. The number of carbonyl (C=O) groups is 1. The highest BCUT2D eigenvalue weighted by molar-refractivity contribution is 9.10. The van der Waals surface area contributed by atoms with Gasteiger partial charge in [-0.2, -0.15) is 0 Å². The van der Waals surface area contributed by atoms with Gasteiger partial charge >= 0.3 is 0 Å². The largest absolute Gasteiger partial charge is 0.484 e. The number of hydrogen-bond donors (Lipinski definition) is 2. The van der Waals surface area contributed by atoms with Crippen molar-refractivity contribution in [1.82, 2.24) is 4.98 Å². The maximum Gasteiger partial charge on any atom is 0.262 e. The van der Waals surface area contributed by atoms with Crippen molar-refractivity contribution in [2.45, 2.75) is 0 Å². The highest BCUT2D eigenvalue weighted by atomic mass is 79.9. The lowest BCUT2D eigenvalue weighted by Gasteiger charge is -2.09. The normalized spacial score (nSPS) is 9.95. The molecule has 0 aliphatic heterocycles. The molecular formula is C14H12BrN3O2S. The topological polar surface area (TPSA) is 77.2 Å². The van der Waals surface area contributed by atoms with Crippen molar-refractivity contribution in [3.05, 3.63) is 52.8 Å². The Balaban J connectivity index is 1.89. The van der Waals surface area contributed by atoms with Crippen molar-refractivity contribution in [3.8, 4) is 5.75 Å². The van der Waals surface area contributed by atoms with Gasteiger partial charge in [0.15, 0.2) is 6.61 Å². The molecule has 0 saturated carbocycles. The number of pyridine rings is 1. The lowest BCUT2D eigenvalue weighted by molar-refractivity contribution is -0.118. The summed E-state index contributed by atoms with van der Waals surface area (Å²) in [6.07, 6.45) is 3.20. The molecule has 0 spiro atoms. The molecular weight excluding hydrogens is 354 g/mol. The van der Waals surface area contributed by atoms with E-state index in [1.807, 2.05) is 0 Å². The van der Waals surface area contributed by atoms with E-state index in [2.05, 4.69) is 26.2 Å². The Hall–Kier alpha value is -1.99. The molecule has 0 atom stereocenters. The minimum absolute atomic E-state index is 0.0961. The van der Waals surface area contributed by atoms with Gasteiger partial charge in [-0.15, -0.1) is 0 Å². The van der Waals surface area contributed by atoms with E-state index < -0.39 is 0 Å². The first-order valence-electron chi connectivity index (χ1n) is 5.98. The van der Waals surface area contributed by atoms with E-state index in [1.165, 1.54) is 0 Å². The molecule has 0 unspecified atom stereocenters. The zero-order chi connectivity index (χ0) is 15.2. The molecule has 0 bridgehead atoms. The second-order valence-corrected chi connectivity index (χ2v) is 5.38. The Morgan fingerprint density at radius 1 is 1.33 bits per heavy atom. The molecule has 0 radical (unpaired) electrons. The van der Waals surface area contributed by atoms with Gasteiger partial charge in [-0.25, -0.2) is 0 Å². The van der Waals surface area contributed by atoms with E-state index in [4.69, 9.17) is 22.7 Å². The molecule has 5 nitrogen and oxygen atoms in total. The summed E-state index contributed by atoms with van der Waals surface area (Å²) in [5.41, 5.74) is 6.90. The zero-order valence-corrected chi connectivity index (χ0v) is 13.3. The minimum atomic E-state index is -0.264. The second-order valence-electron chi connectivity index (χ2n) is 4.08. The average molecular weight is 366 g/mol. The summed E-state index contributed by atoms with van der Waals surface area (Å²) in [7, 11) is 0. The van der Waals surface area contributed by atoms with E-state index in [0.29, 0.717) is 20.9 Å². The minimum Gasteiger partial charge on any atom is -0.484 e. The van der Waals surface area contributed by atoms with Crippen LogP contribution in [0, 0.1) is 0 Å². The maximum atomic E-state index is 11.8. The van der Waals surface area contributed by atoms with Crippen molar-refractivity contribution >= 4 is 44.7 Å². The summed E-state index contributed by atoms with van der Waals surface area (Å²) in [5.74, 6) is 0.305. The second kappa shape index (κ2) is 7.14. The van der Waals surface area contributed by atoms with Crippen LogP contribution < -0.4 is 15.8 Å². The monoisotopic (exact) mass is 365 g/mol. The molecule has 2 rings (SSSR count). The van der Waals surface area contributed by atoms with Crippen LogP contribution in [-0.4, -0.2) is 22.5 Å². The number of nitrogens with one attached hydrogen (secondary N) is 1. The van der Waals surface area contributed by atoms with Crippen LogP contribution in [0.4, 0.5) is 5.69 Å². The lowest BCUT2D eigenvalue weighted by Crippen LogP contribution is -2.20. The number of thiocarbonyl (C=S) groups is 1. The van der Waals surface area contributed by atoms with E-state index in [-0.39, 0.29) is 12.5 Å². The van der Waals surface area contributed by atoms with Crippen LogP contribution in [0.15, 0.2) is 47.2 Å². The summed E-state index contributed by atoms with van der Waals surface area (Å²) in [5, 5.41) is 2.72. The first kappa shape index (κ1) is 15.4. The molecule has 2 aromatic rings. The highest BCUT2D eigenvalue weighted by Crippen LogP contribution is 2.19. The number of ether oxygens (including phenoxy) is 1. The fraction of sp³-hybridized carbons (Fsp3) is 0.0714. The fourth-order valence-corrected chi connectivity index (χ4v) is 2.01. The average Bonchev–Trinajstić information content (AvgIpc) is 2.48. The van der Waals surface area contributed by atoms with Gasteiger partial charge in [0, 0.05) is 18.0 Å². The molecule has 1 heterocycles. The molecule has 0 fully saturated rings. The fourth-order valence-electron chi connectivity index (χ4n) is 1.53. The number of aromatic nitrogens is 1. The van der Waals surface area contributed by atoms with E-state index in [1.54, 1.807) is 42.7 Å². The molecule has 21 heavy (non-hydrogen) atoms.